The van der Waals surface area contributed by atoms with E-state index < -0.39 is 0 Å². The molecule has 14 heavy (non-hydrogen) atoms. The van der Waals surface area contributed by atoms with Gasteiger partial charge in [-0.05, 0) is 27.8 Å². The number of nitrogens with one attached hydrogen (secondary N) is 2. The monoisotopic (exact) mass is 199 g/mol. The van der Waals surface area contributed by atoms with Gasteiger partial charge in [0.05, 0.1) is 0 Å². The third kappa shape index (κ3) is 2.61. The van der Waals surface area contributed by atoms with E-state index in [1.165, 1.54) is 0 Å². The number of carbonyl (C=O) groups excluding carboxylic acids is 1. The standard InChI is InChI=1S/C10H21N3O/c1-10(2,3)13-7-8(5-11-4)6-12-9(13)14/h8,11H,5-7H2,1-4H3,(H,12,14). The molecule has 1 rings (SSSR count). The fraction of sp³-hybridized carbons (Fsp3) is 0.900. The number of carbonyl (C=O) groups is 1. The summed E-state index contributed by atoms with van der Waals surface area (Å²) >= 11 is 0. The van der Waals surface area contributed by atoms with Crippen molar-refractivity contribution in [1.29, 1.82) is 0 Å². The molecule has 1 fully saturated rings. The third-order valence-corrected chi connectivity index (χ3v) is 2.53. The third-order valence-electron chi connectivity index (χ3n) is 2.53. The number of rotatable bonds is 2. The molecule has 1 heterocycles. The molecule has 4 nitrogen and oxygen atoms in total. The Hall–Kier alpha value is -0.770. The number of nitrogens with zero attached hydrogens (tertiary/aromatic N) is 1. The van der Waals surface area contributed by atoms with Crippen molar-refractivity contribution in [3.8, 4) is 0 Å². The Morgan fingerprint density at radius 3 is 2.71 bits per heavy atom. The van der Waals surface area contributed by atoms with Crippen LogP contribution in [0, 0.1) is 5.92 Å². The van der Waals surface area contributed by atoms with Gasteiger partial charge >= 0.3 is 6.03 Å². The molecule has 0 spiro atoms. The maximum atomic E-state index is 11.6. The Kier molecular flexibility index (Phi) is 3.37. The zero-order valence-corrected chi connectivity index (χ0v) is 9.55. The van der Waals surface area contributed by atoms with Crippen LogP contribution in [0.3, 0.4) is 0 Å². The van der Waals surface area contributed by atoms with Crippen LogP contribution in [-0.4, -0.2) is 43.2 Å². The fourth-order valence-corrected chi connectivity index (χ4v) is 1.74. The minimum Gasteiger partial charge on any atom is -0.338 e. The summed E-state index contributed by atoms with van der Waals surface area (Å²) in [5, 5.41) is 6.07. The molecule has 2 N–H and O–H groups in total. The van der Waals surface area contributed by atoms with Crippen molar-refractivity contribution in [2.45, 2.75) is 26.3 Å². The highest BCUT2D eigenvalue weighted by molar-refractivity contribution is 5.75. The zero-order chi connectivity index (χ0) is 10.8. The van der Waals surface area contributed by atoms with Crippen LogP contribution < -0.4 is 10.6 Å². The van der Waals surface area contributed by atoms with E-state index in [-0.39, 0.29) is 11.6 Å². The number of hydrogen-bond acceptors (Lipinski definition) is 2. The molecule has 1 atom stereocenters. The van der Waals surface area contributed by atoms with Gasteiger partial charge in [0.1, 0.15) is 0 Å². The van der Waals surface area contributed by atoms with Crippen molar-refractivity contribution in [1.82, 2.24) is 15.5 Å². The second kappa shape index (κ2) is 4.17. The molecule has 0 saturated carbocycles. The van der Waals surface area contributed by atoms with Crippen molar-refractivity contribution < 1.29 is 4.79 Å². The molecule has 0 aromatic carbocycles. The summed E-state index contributed by atoms with van der Waals surface area (Å²) in [6.07, 6.45) is 0. The van der Waals surface area contributed by atoms with E-state index in [9.17, 15) is 4.79 Å². The lowest BCUT2D eigenvalue weighted by molar-refractivity contribution is 0.111. The van der Waals surface area contributed by atoms with E-state index >= 15 is 0 Å². The highest BCUT2D eigenvalue weighted by Crippen LogP contribution is 2.18. The molecule has 0 radical (unpaired) electrons. The van der Waals surface area contributed by atoms with Gasteiger partial charge in [-0.25, -0.2) is 4.79 Å². The summed E-state index contributed by atoms with van der Waals surface area (Å²) in [5.41, 5.74) is -0.0868. The van der Waals surface area contributed by atoms with Gasteiger partial charge in [0.15, 0.2) is 0 Å². The van der Waals surface area contributed by atoms with E-state index in [0.717, 1.165) is 19.6 Å². The highest BCUT2D eigenvalue weighted by Gasteiger charge is 2.32. The molecule has 1 saturated heterocycles. The van der Waals surface area contributed by atoms with Gasteiger partial charge in [0, 0.05) is 31.1 Å². The second-order valence-corrected chi connectivity index (χ2v) is 4.89. The van der Waals surface area contributed by atoms with Crippen molar-refractivity contribution in [2.24, 2.45) is 5.92 Å². The van der Waals surface area contributed by atoms with Crippen molar-refractivity contribution in [3.63, 3.8) is 0 Å². The average molecular weight is 199 g/mol. The minimum atomic E-state index is -0.0868. The molecule has 0 aromatic rings. The molecular formula is C10H21N3O. The maximum Gasteiger partial charge on any atom is 0.317 e. The predicted molar refractivity (Wildman–Crippen MR) is 57.3 cm³/mol. The molecule has 0 aliphatic carbocycles. The van der Waals surface area contributed by atoms with Crippen molar-refractivity contribution in [2.75, 3.05) is 26.7 Å². The Labute approximate surface area is 86.0 Å². The quantitative estimate of drug-likeness (QED) is 0.685. The molecule has 1 aliphatic rings. The average Bonchev–Trinajstić information content (AvgIpc) is 2.07. The number of urea groups is 1. The Balaban J connectivity index is 2.60. The first-order chi connectivity index (χ1) is 6.45. The second-order valence-electron chi connectivity index (χ2n) is 4.89. The lowest BCUT2D eigenvalue weighted by atomic mass is 10.0. The van der Waals surface area contributed by atoms with Crippen LogP contribution in [0.15, 0.2) is 0 Å². The van der Waals surface area contributed by atoms with E-state index in [0.29, 0.717) is 5.92 Å². The van der Waals surface area contributed by atoms with Crippen molar-refractivity contribution in [3.05, 3.63) is 0 Å². The molecule has 4 heteroatoms. The highest BCUT2D eigenvalue weighted by atomic mass is 16.2. The largest absolute Gasteiger partial charge is 0.338 e. The summed E-state index contributed by atoms with van der Waals surface area (Å²) in [4.78, 5) is 13.5. The molecule has 1 aliphatic heterocycles. The van der Waals surface area contributed by atoms with Crippen LogP contribution in [-0.2, 0) is 0 Å². The molecular weight excluding hydrogens is 178 g/mol. The van der Waals surface area contributed by atoms with Gasteiger partial charge in [-0.2, -0.15) is 0 Å². The SMILES string of the molecule is CNCC1CNC(=O)N(C(C)(C)C)C1. The van der Waals surface area contributed by atoms with Gasteiger partial charge in [0.25, 0.3) is 0 Å². The van der Waals surface area contributed by atoms with Gasteiger partial charge in [0.2, 0.25) is 0 Å². The molecule has 2 amide bonds. The Morgan fingerprint density at radius 1 is 1.57 bits per heavy atom. The van der Waals surface area contributed by atoms with E-state index in [4.69, 9.17) is 0 Å². The van der Waals surface area contributed by atoms with Gasteiger partial charge in [-0.3, -0.25) is 0 Å². The number of hydrogen-bond donors (Lipinski definition) is 2. The summed E-state index contributed by atoms with van der Waals surface area (Å²) in [7, 11) is 1.94. The molecule has 0 bridgehead atoms. The van der Waals surface area contributed by atoms with Crippen LogP contribution in [0.5, 0.6) is 0 Å². The van der Waals surface area contributed by atoms with E-state index in [2.05, 4.69) is 31.4 Å². The molecule has 82 valence electrons. The Bertz CT molecular complexity index is 210. The van der Waals surface area contributed by atoms with Crippen LogP contribution in [0.2, 0.25) is 0 Å². The summed E-state index contributed by atoms with van der Waals surface area (Å²) < 4.78 is 0. The van der Waals surface area contributed by atoms with Crippen LogP contribution in [0.4, 0.5) is 4.79 Å². The normalized spacial score (nSPS) is 23.6. The van der Waals surface area contributed by atoms with E-state index in [1.807, 2.05) is 11.9 Å². The summed E-state index contributed by atoms with van der Waals surface area (Å²) in [6, 6.07) is 0.0600. The topological polar surface area (TPSA) is 44.4 Å². The lowest BCUT2D eigenvalue weighted by Gasteiger charge is -2.41. The lowest BCUT2D eigenvalue weighted by Crippen LogP contribution is -2.59. The summed E-state index contributed by atoms with van der Waals surface area (Å²) in [5.74, 6) is 0.511. The van der Waals surface area contributed by atoms with E-state index in [1.54, 1.807) is 0 Å². The van der Waals surface area contributed by atoms with Crippen LogP contribution in [0.25, 0.3) is 0 Å². The van der Waals surface area contributed by atoms with Crippen LogP contribution >= 0.6 is 0 Å². The zero-order valence-electron chi connectivity index (χ0n) is 9.55. The number of amides is 2. The Morgan fingerprint density at radius 2 is 2.21 bits per heavy atom. The molecule has 1 unspecified atom stereocenters. The first-order valence-electron chi connectivity index (χ1n) is 5.15. The predicted octanol–water partition coefficient (Wildman–Crippen LogP) is 0.646. The maximum absolute atomic E-state index is 11.6. The van der Waals surface area contributed by atoms with Crippen LogP contribution in [0.1, 0.15) is 20.8 Å². The van der Waals surface area contributed by atoms with Gasteiger partial charge < -0.3 is 15.5 Å². The van der Waals surface area contributed by atoms with Gasteiger partial charge in [-0.1, -0.05) is 0 Å². The smallest absolute Gasteiger partial charge is 0.317 e. The molecule has 0 aromatic heterocycles. The summed E-state index contributed by atoms with van der Waals surface area (Å²) in [6.45, 7) is 8.77. The first-order valence-corrected chi connectivity index (χ1v) is 5.15. The van der Waals surface area contributed by atoms with Gasteiger partial charge in [-0.15, -0.1) is 0 Å². The first kappa shape index (κ1) is 11.3. The minimum absolute atomic E-state index is 0.0600. The fourth-order valence-electron chi connectivity index (χ4n) is 1.74. The van der Waals surface area contributed by atoms with Crippen molar-refractivity contribution >= 4 is 6.03 Å².